The lowest BCUT2D eigenvalue weighted by Gasteiger charge is -2.24. The van der Waals surface area contributed by atoms with E-state index in [1.54, 1.807) is 12.5 Å². The largest absolute Gasteiger partial charge is 0.359 e. The summed E-state index contributed by atoms with van der Waals surface area (Å²) in [5.41, 5.74) is 1.14. The van der Waals surface area contributed by atoms with Crippen molar-refractivity contribution in [1.82, 2.24) is 0 Å². The van der Waals surface area contributed by atoms with E-state index in [4.69, 9.17) is 18.9 Å². The summed E-state index contributed by atoms with van der Waals surface area (Å²) in [7, 11) is 0.354. The van der Waals surface area contributed by atoms with Crippen LogP contribution in [0.4, 0.5) is 0 Å². The number of halogens is 1. The topological polar surface area (TPSA) is 54.0 Å². The van der Waals surface area contributed by atoms with Gasteiger partial charge in [-0.3, -0.25) is 0 Å². The Hall–Kier alpha value is -0.320. The summed E-state index contributed by atoms with van der Waals surface area (Å²) in [6.07, 6.45) is 1.02. The molecule has 1 fully saturated rings. The Balaban J connectivity index is 2.10. The molecule has 0 aromatic heterocycles. The minimum atomic E-state index is -1.23. The van der Waals surface area contributed by atoms with Crippen LogP contribution in [0.3, 0.4) is 0 Å². The molecule has 0 aliphatic carbocycles. The van der Waals surface area contributed by atoms with Crippen molar-refractivity contribution in [2.24, 2.45) is 0 Å². The first-order valence-corrected chi connectivity index (χ1v) is 10.8. The second kappa shape index (κ2) is 9.57. The van der Waals surface area contributed by atoms with Crippen molar-refractivity contribution >= 4 is 33.4 Å². The predicted molar refractivity (Wildman–Crippen MR) is 106 cm³/mol. The quantitative estimate of drug-likeness (QED) is 0.324. The highest BCUT2D eigenvalue weighted by molar-refractivity contribution is 14.1. The fourth-order valence-electron chi connectivity index (χ4n) is 2.54. The van der Waals surface area contributed by atoms with E-state index in [9.17, 15) is 4.21 Å². The van der Waals surface area contributed by atoms with E-state index < -0.39 is 16.6 Å². The third kappa shape index (κ3) is 6.11. The first kappa shape index (κ1) is 21.0. The van der Waals surface area contributed by atoms with E-state index in [0.29, 0.717) is 0 Å². The molecule has 1 aliphatic rings. The van der Waals surface area contributed by atoms with Crippen LogP contribution in [0.25, 0.3) is 0 Å². The average Bonchev–Trinajstić information content (AvgIpc) is 2.89. The van der Waals surface area contributed by atoms with Gasteiger partial charge in [-0.25, -0.2) is 4.21 Å². The van der Waals surface area contributed by atoms with Crippen molar-refractivity contribution in [3.63, 3.8) is 0 Å². The van der Waals surface area contributed by atoms with E-state index in [1.165, 1.54) is 0 Å². The number of methoxy groups -OCH3 is 1. The molecule has 25 heavy (non-hydrogen) atoms. The van der Waals surface area contributed by atoms with Crippen LogP contribution in [0.5, 0.6) is 0 Å². The summed E-state index contributed by atoms with van der Waals surface area (Å²) < 4.78 is 35.9. The minimum Gasteiger partial charge on any atom is -0.359 e. The van der Waals surface area contributed by atoms with Crippen LogP contribution in [0.15, 0.2) is 40.6 Å². The van der Waals surface area contributed by atoms with Crippen LogP contribution >= 0.6 is 22.6 Å². The Bertz CT molecular complexity index is 602. The molecule has 0 amide bonds. The SMILES string of the molecule is COCO[C@H](CI)[C@H]1OC(C)(C)O[C@H]1/C=C/S(=O)c1ccc(C)cc1. The van der Waals surface area contributed by atoms with Crippen molar-refractivity contribution in [3.8, 4) is 0 Å². The Labute approximate surface area is 165 Å². The Morgan fingerprint density at radius 2 is 2.00 bits per heavy atom. The van der Waals surface area contributed by atoms with Crippen molar-refractivity contribution < 1.29 is 23.2 Å². The standard InChI is InChI=1S/C18H25IO5S/c1-13-5-7-14(8-6-13)25(20)10-9-15-17(24-18(2,3)23-15)16(11-19)22-12-21-4/h5-10,15-17H,11-12H2,1-4H3/b10-9+/t15-,16+,17-,25?/m0/s1. The maximum atomic E-state index is 12.5. The molecule has 1 heterocycles. The van der Waals surface area contributed by atoms with Gasteiger partial charge in [0.2, 0.25) is 0 Å². The maximum absolute atomic E-state index is 12.5. The lowest BCUT2D eigenvalue weighted by molar-refractivity contribution is -0.165. The van der Waals surface area contributed by atoms with Crippen molar-refractivity contribution in [1.29, 1.82) is 0 Å². The first-order chi connectivity index (χ1) is 11.9. The van der Waals surface area contributed by atoms with Crippen LogP contribution in [0, 0.1) is 6.92 Å². The Morgan fingerprint density at radius 1 is 1.32 bits per heavy atom. The molecular weight excluding hydrogens is 455 g/mol. The van der Waals surface area contributed by atoms with E-state index in [-0.39, 0.29) is 25.1 Å². The molecule has 1 unspecified atom stereocenters. The highest BCUT2D eigenvalue weighted by Crippen LogP contribution is 2.32. The van der Waals surface area contributed by atoms with Crippen molar-refractivity contribution in [3.05, 3.63) is 41.3 Å². The maximum Gasteiger partial charge on any atom is 0.164 e. The number of hydrogen-bond donors (Lipinski definition) is 0. The zero-order valence-corrected chi connectivity index (χ0v) is 17.9. The molecule has 0 bridgehead atoms. The second-order valence-electron chi connectivity index (χ2n) is 6.27. The third-order valence-electron chi connectivity index (χ3n) is 3.73. The molecule has 1 aromatic carbocycles. The van der Waals surface area contributed by atoms with Gasteiger partial charge in [0.05, 0.1) is 16.9 Å². The molecule has 4 atom stereocenters. The molecule has 1 aromatic rings. The molecule has 1 aliphatic heterocycles. The van der Waals surface area contributed by atoms with Crippen LogP contribution in [-0.2, 0) is 29.7 Å². The zero-order valence-electron chi connectivity index (χ0n) is 14.9. The minimum absolute atomic E-state index is 0.176. The molecule has 2 rings (SSSR count). The first-order valence-electron chi connectivity index (χ1n) is 8.04. The smallest absolute Gasteiger partial charge is 0.164 e. The second-order valence-corrected chi connectivity index (χ2v) is 8.49. The Morgan fingerprint density at radius 3 is 2.60 bits per heavy atom. The molecular formula is C18H25IO5S. The molecule has 5 nitrogen and oxygen atoms in total. The van der Waals surface area contributed by atoms with Crippen molar-refractivity contribution in [2.75, 3.05) is 18.3 Å². The van der Waals surface area contributed by atoms with E-state index in [1.807, 2.05) is 51.1 Å². The highest BCUT2D eigenvalue weighted by atomic mass is 127. The van der Waals surface area contributed by atoms with Gasteiger partial charge in [0.1, 0.15) is 19.0 Å². The summed E-state index contributed by atoms with van der Waals surface area (Å²) in [4.78, 5) is 0.762. The van der Waals surface area contributed by atoms with Crippen LogP contribution in [0.1, 0.15) is 19.4 Å². The molecule has 140 valence electrons. The van der Waals surface area contributed by atoms with Crippen LogP contribution in [0.2, 0.25) is 0 Å². The van der Waals surface area contributed by atoms with Gasteiger partial charge < -0.3 is 18.9 Å². The monoisotopic (exact) mass is 480 g/mol. The molecule has 1 saturated heterocycles. The van der Waals surface area contributed by atoms with E-state index in [2.05, 4.69) is 22.6 Å². The lowest BCUT2D eigenvalue weighted by atomic mass is 10.1. The molecule has 0 spiro atoms. The van der Waals surface area contributed by atoms with Gasteiger partial charge in [-0.15, -0.1) is 0 Å². The number of ether oxygens (including phenoxy) is 4. The summed E-state index contributed by atoms with van der Waals surface area (Å²) in [5.74, 6) is -0.717. The molecule has 7 heteroatoms. The number of alkyl halides is 1. The number of benzene rings is 1. The van der Waals surface area contributed by atoms with Gasteiger partial charge in [0.25, 0.3) is 0 Å². The van der Waals surface area contributed by atoms with Crippen LogP contribution in [-0.4, -0.2) is 46.6 Å². The highest BCUT2D eigenvalue weighted by Gasteiger charge is 2.44. The van der Waals surface area contributed by atoms with E-state index >= 15 is 0 Å². The lowest BCUT2D eigenvalue weighted by Crippen LogP contribution is -2.38. The fraction of sp³-hybridized carbons (Fsp3) is 0.556. The average molecular weight is 480 g/mol. The number of rotatable bonds is 8. The van der Waals surface area contributed by atoms with Gasteiger partial charge in [-0.2, -0.15) is 0 Å². The van der Waals surface area contributed by atoms with Gasteiger partial charge in [-0.1, -0.05) is 40.3 Å². The summed E-state index contributed by atoms with van der Waals surface area (Å²) >= 11 is 2.25. The van der Waals surface area contributed by atoms with Crippen molar-refractivity contribution in [2.45, 2.75) is 49.8 Å². The van der Waals surface area contributed by atoms with Crippen LogP contribution < -0.4 is 0 Å². The summed E-state index contributed by atoms with van der Waals surface area (Å²) in [6.45, 7) is 5.93. The normalized spacial score (nSPS) is 25.3. The molecule has 0 saturated carbocycles. The van der Waals surface area contributed by atoms with Gasteiger partial charge in [0.15, 0.2) is 5.79 Å². The van der Waals surface area contributed by atoms with Gasteiger partial charge >= 0.3 is 0 Å². The molecule has 0 N–H and O–H groups in total. The summed E-state index contributed by atoms with van der Waals surface area (Å²) in [5, 5.41) is 1.66. The third-order valence-corrected chi connectivity index (χ3v) is 5.74. The summed E-state index contributed by atoms with van der Waals surface area (Å²) in [6, 6.07) is 7.65. The zero-order chi connectivity index (χ0) is 18.4. The predicted octanol–water partition coefficient (Wildman–Crippen LogP) is 3.56. The Kier molecular flexibility index (Phi) is 8.03. The number of aryl methyl sites for hydroxylation is 1. The van der Waals surface area contributed by atoms with Gasteiger partial charge in [0, 0.05) is 21.8 Å². The van der Waals surface area contributed by atoms with Gasteiger partial charge in [-0.05, 0) is 39.0 Å². The molecule has 0 radical (unpaired) electrons. The fourth-order valence-corrected chi connectivity index (χ4v) is 4.15. The van der Waals surface area contributed by atoms with E-state index in [0.717, 1.165) is 14.9 Å². The number of hydrogen-bond acceptors (Lipinski definition) is 5.